The maximum Gasteiger partial charge on any atom is 0.490 e. The van der Waals surface area contributed by atoms with E-state index in [1.165, 1.54) is 19.3 Å². The number of carbonyl (C=O) groups excluding carboxylic acids is 1. The predicted octanol–water partition coefficient (Wildman–Crippen LogP) is 7.67. The Labute approximate surface area is 313 Å². The monoisotopic (exact) mass is 799 g/mol. The smallest absolute Gasteiger partial charge is 0.475 e. The van der Waals surface area contributed by atoms with E-state index in [0.717, 1.165) is 49.7 Å². The number of carboxylic acids is 2. The Morgan fingerprint density at radius 2 is 1.56 bits per heavy atom. The van der Waals surface area contributed by atoms with E-state index in [1.54, 1.807) is 6.20 Å². The summed E-state index contributed by atoms with van der Waals surface area (Å²) < 4.78 is 86.4. The zero-order valence-electron chi connectivity index (χ0n) is 28.8. The average molecular weight is 800 g/mol. The van der Waals surface area contributed by atoms with Crippen LogP contribution in [-0.4, -0.2) is 92.0 Å². The van der Waals surface area contributed by atoms with Crippen LogP contribution in [0.1, 0.15) is 44.9 Å². The summed E-state index contributed by atoms with van der Waals surface area (Å²) in [5.74, 6) is -3.92. The second kappa shape index (κ2) is 15.3. The molecule has 55 heavy (non-hydrogen) atoms. The van der Waals surface area contributed by atoms with E-state index >= 15 is 4.39 Å². The van der Waals surface area contributed by atoms with Gasteiger partial charge >= 0.3 is 30.3 Å². The molecule has 4 fully saturated rings. The van der Waals surface area contributed by atoms with Gasteiger partial charge in [0.05, 0.1) is 10.9 Å². The lowest BCUT2D eigenvalue weighted by Crippen LogP contribution is -2.45. The number of hydrogen-bond donors (Lipinski definition) is 2. The highest BCUT2D eigenvalue weighted by atomic mass is 35.5. The molecule has 0 spiro atoms. The lowest BCUT2D eigenvalue weighted by Gasteiger charge is -2.34. The van der Waals surface area contributed by atoms with Crippen LogP contribution in [0.4, 0.5) is 36.6 Å². The standard InChI is InChI=1S/C32H31ClFN5O2.2C2HF3O2/c33-24-7-2-5-21-4-1-6-22(26(21)24)28-27(34)29-23(15-35-28)30(38-16-19-8-9-20(14-19)17-38)37-31(36-29)41-18-32-11-3-13-39(32)25(40)10-12-32;2*3-2(4,5)1(6)7/h1-2,4-7,15,19-20H,3,8-14,16-18H2;2*(H,6,7). The van der Waals surface area contributed by atoms with Crippen LogP contribution in [0.2, 0.25) is 5.02 Å². The Bertz CT molecular complexity index is 2100. The van der Waals surface area contributed by atoms with E-state index in [-0.39, 0.29) is 28.7 Å². The molecule has 2 N–H and O–H groups in total. The van der Waals surface area contributed by atoms with Crippen molar-refractivity contribution in [3.05, 3.63) is 53.4 Å². The number of pyridine rings is 1. The van der Waals surface area contributed by atoms with E-state index in [2.05, 4.69) is 14.9 Å². The molecule has 4 aromatic rings. The molecule has 8 rings (SSSR count). The molecule has 3 aliphatic heterocycles. The first-order chi connectivity index (χ1) is 25.9. The van der Waals surface area contributed by atoms with E-state index in [0.29, 0.717) is 46.7 Å². The molecule has 1 saturated carbocycles. The highest BCUT2D eigenvalue weighted by Gasteiger charge is 2.49. The summed E-state index contributed by atoms with van der Waals surface area (Å²) in [6.07, 6.45) is -1.60. The van der Waals surface area contributed by atoms with E-state index in [1.807, 2.05) is 41.3 Å². The minimum absolute atomic E-state index is 0.151. The quantitative estimate of drug-likeness (QED) is 0.193. The lowest BCUT2D eigenvalue weighted by molar-refractivity contribution is -0.193. The largest absolute Gasteiger partial charge is 0.490 e. The van der Waals surface area contributed by atoms with Gasteiger partial charge in [0.2, 0.25) is 5.91 Å². The molecule has 4 aliphatic rings. The SMILES string of the molecule is O=C(O)C(F)(F)F.O=C(O)C(F)(F)F.O=C1CCC2(COc3nc(N4CC5CCC(C5)C4)c4cnc(-c5cccc6cccc(Cl)c56)c(F)c4n3)CCCN12. The second-order valence-electron chi connectivity index (χ2n) is 13.9. The first-order valence-electron chi connectivity index (χ1n) is 17.2. The van der Waals surface area contributed by atoms with Crippen LogP contribution in [0.3, 0.4) is 0 Å². The minimum Gasteiger partial charge on any atom is -0.475 e. The Hall–Kier alpha value is -5.00. The number of carboxylic acid groups (broad SMARTS) is 2. The van der Waals surface area contributed by atoms with Crippen molar-refractivity contribution in [2.75, 3.05) is 31.1 Å². The van der Waals surface area contributed by atoms with Crippen molar-refractivity contribution < 1.29 is 60.1 Å². The number of nitrogens with zero attached hydrogens (tertiary/aromatic N) is 5. The maximum absolute atomic E-state index is 16.6. The van der Waals surface area contributed by atoms with Gasteiger partial charge in [-0.1, -0.05) is 41.9 Å². The molecule has 0 radical (unpaired) electrons. The Morgan fingerprint density at radius 3 is 2.18 bits per heavy atom. The Balaban J connectivity index is 0.000000315. The topological polar surface area (TPSA) is 146 Å². The van der Waals surface area contributed by atoms with Gasteiger partial charge in [-0.3, -0.25) is 9.78 Å². The summed E-state index contributed by atoms with van der Waals surface area (Å²) in [7, 11) is 0. The van der Waals surface area contributed by atoms with Gasteiger partial charge in [-0.05, 0) is 61.8 Å². The summed E-state index contributed by atoms with van der Waals surface area (Å²) in [5.41, 5.74) is 0.699. The predicted molar refractivity (Wildman–Crippen MR) is 184 cm³/mol. The van der Waals surface area contributed by atoms with Gasteiger partial charge in [0, 0.05) is 48.2 Å². The molecule has 2 bridgehead atoms. The molecular formula is C36H33ClF7N5O6. The summed E-state index contributed by atoms with van der Waals surface area (Å²) >= 11 is 6.59. The van der Waals surface area contributed by atoms with Crippen molar-refractivity contribution >= 4 is 56.9 Å². The summed E-state index contributed by atoms with van der Waals surface area (Å²) in [6, 6.07) is 11.5. The van der Waals surface area contributed by atoms with Gasteiger partial charge in [-0.25, -0.2) is 14.0 Å². The van der Waals surface area contributed by atoms with Gasteiger partial charge in [0.1, 0.15) is 23.6 Å². The number of aromatic nitrogens is 3. The number of ether oxygens (including phenoxy) is 1. The number of fused-ring (bicyclic) bond motifs is 5. The van der Waals surface area contributed by atoms with Crippen molar-refractivity contribution in [1.82, 2.24) is 19.9 Å². The Kier molecular flexibility index (Phi) is 11.0. The van der Waals surface area contributed by atoms with Gasteiger partial charge in [-0.2, -0.15) is 36.3 Å². The van der Waals surface area contributed by atoms with Gasteiger partial charge in [0.15, 0.2) is 5.82 Å². The maximum atomic E-state index is 16.6. The van der Waals surface area contributed by atoms with Gasteiger partial charge < -0.3 is 24.7 Å². The van der Waals surface area contributed by atoms with Crippen LogP contribution in [0.25, 0.3) is 32.9 Å². The molecule has 294 valence electrons. The highest BCUT2D eigenvalue weighted by Crippen LogP contribution is 2.43. The molecule has 11 nitrogen and oxygen atoms in total. The molecule has 5 heterocycles. The first-order valence-corrected chi connectivity index (χ1v) is 17.6. The van der Waals surface area contributed by atoms with Crippen LogP contribution in [0.15, 0.2) is 42.6 Å². The van der Waals surface area contributed by atoms with Crippen molar-refractivity contribution in [3.8, 4) is 17.3 Å². The Morgan fingerprint density at radius 1 is 0.945 bits per heavy atom. The number of aliphatic carboxylic acids is 2. The number of hydrogen-bond acceptors (Lipinski definition) is 8. The molecule has 3 saturated heterocycles. The number of benzene rings is 2. The number of amides is 1. The molecule has 2 aromatic carbocycles. The van der Waals surface area contributed by atoms with Crippen molar-refractivity contribution in [2.45, 2.75) is 62.8 Å². The van der Waals surface area contributed by atoms with Crippen LogP contribution >= 0.6 is 11.6 Å². The van der Waals surface area contributed by atoms with Crippen molar-refractivity contribution in [1.29, 1.82) is 0 Å². The fourth-order valence-electron chi connectivity index (χ4n) is 7.87. The minimum atomic E-state index is -5.08. The van der Waals surface area contributed by atoms with Crippen LogP contribution in [0, 0.1) is 17.7 Å². The number of carbonyl (C=O) groups is 3. The normalized spacial score (nSPS) is 21.9. The summed E-state index contributed by atoms with van der Waals surface area (Å²) in [6.45, 7) is 2.85. The van der Waals surface area contributed by atoms with Crippen LogP contribution in [0.5, 0.6) is 6.01 Å². The highest BCUT2D eigenvalue weighted by molar-refractivity contribution is 6.36. The number of halogens is 8. The van der Waals surface area contributed by atoms with Crippen molar-refractivity contribution in [2.24, 2.45) is 11.8 Å². The molecule has 2 aromatic heterocycles. The summed E-state index contributed by atoms with van der Waals surface area (Å²) in [4.78, 5) is 48.7. The van der Waals surface area contributed by atoms with Gasteiger partial charge in [0.25, 0.3) is 0 Å². The fraction of sp³-hybridized carbons (Fsp3) is 0.444. The van der Waals surface area contributed by atoms with E-state index < -0.39 is 30.1 Å². The van der Waals surface area contributed by atoms with Gasteiger partial charge in [-0.15, -0.1) is 0 Å². The molecular weight excluding hydrogens is 767 g/mol. The fourth-order valence-corrected chi connectivity index (χ4v) is 8.16. The van der Waals surface area contributed by atoms with Crippen LogP contribution < -0.4 is 9.64 Å². The van der Waals surface area contributed by atoms with Crippen LogP contribution in [-0.2, 0) is 14.4 Å². The third-order valence-corrected chi connectivity index (χ3v) is 10.6. The number of rotatable bonds is 5. The summed E-state index contributed by atoms with van der Waals surface area (Å²) in [5, 5.41) is 17.1. The second-order valence-corrected chi connectivity index (χ2v) is 14.3. The first kappa shape index (κ1) is 39.7. The number of piperidine rings is 1. The van der Waals surface area contributed by atoms with E-state index in [9.17, 15) is 31.1 Å². The third kappa shape index (κ3) is 8.33. The number of anilines is 1. The molecule has 19 heteroatoms. The molecule has 1 amide bonds. The molecule has 1 aliphatic carbocycles. The molecule has 3 unspecified atom stereocenters. The lowest BCUT2D eigenvalue weighted by atomic mass is 9.95. The third-order valence-electron chi connectivity index (χ3n) is 10.3. The van der Waals surface area contributed by atoms with E-state index in [4.69, 9.17) is 41.1 Å². The number of alkyl halides is 6. The van der Waals surface area contributed by atoms with Crippen molar-refractivity contribution in [3.63, 3.8) is 0 Å². The zero-order chi connectivity index (χ0) is 39.9. The molecule has 3 atom stereocenters. The average Bonchev–Trinajstić information content (AvgIpc) is 3.80. The zero-order valence-corrected chi connectivity index (χ0v) is 29.5.